The Labute approximate surface area is 125 Å². The molecule has 0 radical (unpaired) electrons. The van der Waals surface area contributed by atoms with Gasteiger partial charge in [-0.25, -0.2) is 4.98 Å². The third-order valence-corrected chi connectivity index (χ3v) is 3.92. The normalized spacial score (nSPS) is 11.3. The third kappa shape index (κ3) is 3.39. The van der Waals surface area contributed by atoms with Crippen molar-refractivity contribution in [3.05, 3.63) is 15.1 Å². The second kappa shape index (κ2) is 6.88. The summed E-state index contributed by atoms with van der Waals surface area (Å²) in [5.74, 6) is 0.124. The number of H-pyrrole nitrogens is 1. The quantitative estimate of drug-likeness (QED) is 0.598. The number of fused-ring (bicyclic) bond motifs is 1. The number of aromatic nitrogens is 4. The molecule has 0 unspecified atom stereocenters. The summed E-state index contributed by atoms with van der Waals surface area (Å²) in [6.45, 7) is 3.00. The number of halogens is 1. The summed E-state index contributed by atoms with van der Waals surface area (Å²) >= 11 is 3.38. The molecule has 0 bridgehead atoms. The van der Waals surface area contributed by atoms with Crippen molar-refractivity contribution in [1.82, 2.24) is 19.5 Å². The summed E-state index contributed by atoms with van der Waals surface area (Å²) in [4.78, 5) is 22.6. The summed E-state index contributed by atoms with van der Waals surface area (Å²) < 4.78 is 2.53. The molecule has 0 atom stereocenters. The van der Waals surface area contributed by atoms with E-state index in [-0.39, 0.29) is 11.5 Å². The zero-order valence-corrected chi connectivity index (χ0v) is 13.2. The number of nitrogens with two attached hydrogens (primary N) is 1. The van der Waals surface area contributed by atoms with Crippen LogP contribution in [-0.4, -0.2) is 19.5 Å². The minimum atomic E-state index is -0.296. The van der Waals surface area contributed by atoms with Gasteiger partial charge in [-0.15, -0.1) is 0 Å². The van der Waals surface area contributed by atoms with Crippen molar-refractivity contribution < 1.29 is 0 Å². The number of imidazole rings is 1. The van der Waals surface area contributed by atoms with E-state index < -0.39 is 0 Å². The smallest absolute Gasteiger partial charge is 0.280 e. The fraction of sp³-hybridized carbons (Fsp3) is 0.615. The van der Waals surface area contributed by atoms with Crippen LogP contribution in [-0.2, 0) is 6.54 Å². The second-order valence-electron chi connectivity index (χ2n) is 4.92. The topological polar surface area (TPSA) is 89.6 Å². The molecule has 7 heteroatoms. The van der Waals surface area contributed by atoms with Gasteiger partial charge in [-0.2, -0.15) is 4.98 Å². The number of aryl methyl sites for hydroxylation is 1. The lowest BCUT2D eigenvalue weighted by atomic mass is 10.1. The molecule has 2 rings (SSSR count). The fourth-order valence-corrected chi connectivity index (χ4v) is 2.77. The van der Waals surface area contributed by atoms with Crippen LogP contribution in [0.2, 0.25) is 0 Å². The van der Waals surface area contributed by atoms with Crippen molar-refractivity contribution >= 4 is 33.0 Å². The molecule has 6 nitrogen and oxygen atoms in total. The highest BCUT2D eigenvalue weighted by molar-refractivity contribution is 9.10. The number of aromatic amines is 1. The van der Waals surface area contributed by atoms with Crippen molar-refractivity contribution in [2.75, 3.05) is 5.73 Å². The standard InChI is InChI=1S/C13H20BrN5O/c1-2-3-4-5-6-7-8-19-10-9(16-12(19)14)11(20)18-13(15)17-10/h2-8H2,1H3,(H3,15,17,18,20). The lowest BCUT2D eigenvalue weighted by molar-refractivity contribution is 0.558. The fourth-order valence-electron chi connectivity index (χ4n) is 2.25. The summed E-state index contributed by atoms with van der Waals surface area (Å²) in [5, 5.41) is 0. The Morgan fingerprint density at radius 3 is 2.65 bits per heavy atom. The van der Waals surface area contributed by atoms with Crippen LogP contribution < -0.4 is 11.3 Å². The maximum Gasteiger partial charge on any atom is 0.280 e. The molecule has 0 aliphatic heterocycles. The van der Waals surface area contributed by atoms with Crippen molar-refractivity contribution in [3.63, 3.8) is 0 Å². The van der Waals surface area contributed by atoms with Crippen LogP contribution in [0.15, 0.2) is 9.53 Å². The number of nitrogen functional groups attached to an aromatic ring is 1. The SMILES string of the molecule is CCCCCCCCn1c(Br)nc2c(=O)[nH]c(N)nc21. The summed E-state index contributed by atoms with van der Waals surface area (Å²) in [6, 6.07) is 0. The van der Waals surface area contributed by atoms with Gasteiger partial charge in [-0.05, 0) is 22.4 Å². The molecule has 20 heavy (non-hydrogen) atoms. The van der Waals surface area contributed by atoms with Gasteiger partial charge >= 0.3 is 0 Å². The van der Waals surface area contributed by atoms with E-state index >= 15 is 0 Å². The Hall–Kier alpha value is -1.37. The first kappa shape index (κ1) is 15.0. The third-order valence-electron chi connectivity index (χ3n) is 3.31. The first-order valence-electron chi connectivity index (χ1n) is 7.05. The van der Waals surface area contributed by atoms with E-state index in [9.17, 15) is 4.79 Å². The molecular formula is C13H20BrN5O. The summed E-state index contributed by atoms with van der Waals surface area (Å²) in [7, 11) is 0. The maximum absolute atomic E-state index is 11.7. The van der Waals surface area contributed by atoms with Gasteiger partial charge in [-0.1, -0.05) is 39.0 Å². The molecule has 0 spiro atoms. The van der Waals surface area contributed by atoms with E-state index in [0.717, 1.165) is 13.0 Å². The molecule has 0 amide bonds. The first-order chi connectivity index (χ1) is 9.63. The van der Waals surface area contributed by atoms with E-state index in [1.54, 1.807) is 0 Å². The molecule has 2 aromatic rings. The minimum Gasteiger partial charge on any atom is -0.369 e. The maximum atomic E-state index is 11.7. The molecule has 0 aromatic carbocycles. The van der Waals surface area contributed by atoms with Crippen LogP contribution in [0.1, 0.15) is 45.4 Å². The Bertz CT molecular complexity index is 633. The van der Waals surface area contributed by atoms with Crippen molar-refractivity contribution in [1.29, 1.82) is 0 Å². The van der Waals surface area contributed by atoms with Gasteiger partial charge in [0.1, 0.15) is 0 Å². The predicted octanol–water partition coefficient (Wildman–Crippen LogP) is 2.82. The van der Waals surface area contributed by atoms with Crippen molar-refractivity contribution in [3.8, 4) is 0 Å². The monoisotopic (exact) mass is 341 g/mol. The van der Waals surface area contributed by atoms with Gasteiger partial charge in [0.05, 0.1) is 0 Å². The van der Waals surface area contributed by atoms with Crippen LogP contribution in [0.3, 0.4) is 0 Å². The number of hydrogen-bond acceptors (Lipinski definition) is 4. The van der Waals surface area contributed by atoms with E-state index in [1.807, 2.05) is 4.57 Å². The number of hydrogen-bond donors (Lipinski definition) is 2. The summed E-state index contributed by atoms with van der Waals surface area (Å²) in [5.41, 5.74) is 6.17. The molecule has 110 valence electrons. The van der Waals surface area contributed by atoms with Gasteiger partial charge in [0, 0.05) is 6.54 Å². The molecule has 3 N–H and O–H groups in total. The summed E-state index contributed by atoms with van der Waals surface area (Å²) in [6.07, 6.45) is 7.29. The first-order valence-corrected chi connectivity index (χ1v) is 7.84. The molecule has 0 aliphatic carbocycles. The molecule has 0 aliphatic rings. The Morgan fingerprint density at radius 1 is 1.20 bits per heavy atom. The zero-order chi connectivity index (χ0) is 14.5. The van der Waals surface area contributed by atoms with Gasteiger partial charge < -0.3 is 10.3 Å². The van der Waals surface area contributed by atoms with E-state index in [4.69, 9.17) is 5.73 Å². The van der Waals surface area contributed by atoms with Gasteiger partial charge in [0.25, 0.3) is 5.56 Å². The van der Waals surface area contributed by atoms with Crippen LogP contribution in [0.5, 0.6) is 0 Å². The van der Waals surface area contributed by atoms with Gasteiger partial charge in [0.2, 0.25) is 5.95 Å². The number of unbranched alkanes of at least 4 members (excludes halogenated alkanes) is 5. The number of nitrogens with zero attached hydrogens (tertiary/aromatic N) is 3. The average molecular weight is 342 g/mol. The number of anilines is 1. The van der Waals surface area contributed by atoms with Crippen LogP contribution in [0.4, 0.5) is 5.95 Å². The lowest BCUT2D eigenvalue weighted by Crippen LogP contribution is -2.12. The van der Waals surface area contributed by atoms with Gasteiger partial charge in [0.15, 0.2) is 15.9 Å². The zero-order valence-electron chi connectivity index (χ0n) is 11.7. The largest absolute Gasteiger partial charge is 0.369 e. The highest BCUT2D eigenvalue weighted by atomic mass is 79.9. The molecule has 0 saturated heterocycles. The number of rotatable bonds is 7. The molecule has 2 heterocycles. The van der Waals surface area contributed by atoms with E-state index in [1.165, 1.54) is 32.1 Å². The Balaban J connectivity index is 2.06. The highest BCUT2D eigenvalue weighted by Crippen LogP contribution is 2.18. The number of nitrogens with one attached hydrogen (secondary N) is 1. The van der Waals surface area contributed by atoms with E-state index in [0.29, 0.717) is 15.9 Å². The lowest BCUT2D eigenvalue weighted by Gasteiger charge is -2.05. The molecule has 2 aromatic heterocycles. The highest BCUT2D eigenvalue weighted by Gasteiger charge is 2.13. The predicted molar refractivity (Wildman–Crippen MR) is 83.6 cm³/mol. The average Bonchev–Trinajstić information content (AvgIpc) is 2.71. The Morgan fingerprint density at radius 2 is 1.90 bits per heavy atom. The minimum absolute atomic E-state index is 0.124. The molecule has 0 fully saturated rings. The van der Waals surface area contributed by atoms with Crippen LogP contribution in [0, 0.1) is 0 Å². The molecule has 0 saturated carbocycles. The van der Waals surface area contributed by atoms with Crippen molar-refractivity contribution in [2.24, 2.45) is 0 Å². The second-order valence-corrected chi connectivity index (χ2v) is 5.63. The van der Waals surface area contributed by atoms with E-state index in [2.05, 4.69) is 37.8 Å². The van der Waals surface area contributed by atoms with Crippen LogP contribution >= 0.6 is 15.9 Å². The van der Waals surface area contributed by atoms with Crippen molar-refractivity contribution in [2.45, 2.75) is 52.0 Å². The molecular weight excluding hydrogens is 322 g/mol. The Kier molecular flexibility index (Phi) is 5.17. The van der Waals surface area contributed by atoms with Crippen LogP contribution in [0.25, 0.3) is 11.2 Å². The van der Waals surface area contributed by atoms with Gasteiger partial charge in [-0.3, -0.25) is 9.78 Å².